The molecule has 0 saturated carbocycles. The molecule has 0 spiro atoms. The van der Waals surface area contributed by atoms with Crippen LogP contribution in [0.5, 0.6) is 0 Å². The van der Waals surface area contributed by atoms with Gasteiger partial charge in [0.2, 0.25) is 5.91 Å². The first-order chi connectivity index (χ1) is 11.0. The molecule has 0 saturated heterocycles. The third kappa shape index (κ3) is 4.41. The molecule has 0 aliphatic rings. The standard InChI is InChI=1S/C16H22N4O2S/c1-3-20-8-6-11-10-12(4-5-14(11)20)18-15(21)13(7-9-23-2)19-16(17)22/h4-6,8,10,13H,3,7,9H2,1-2H3,(H,18,21)(H3,17,19,22)/t13-/m0/s1. The number of aryl methyl sites for hydroxylation is 1. The third-order valence-electron chi connectivity index (χ3n) is 3.62. The molecule has 0 aliphatic carbocycles. The quantitative estimate of drug-likeness (QED) is 0.726. The van der Waals surface area contributed by atoms with Gasteiger partial charge >= 0.3 is 6.03 Å². The van der Waals surface area contributed by atoms with E-state index in [1.807, 2.05) is 36.7 Å². The van der Waals surface area contributed by atoms with E-state index < -0.39 is 12.1 Å². The number of nitrogens with zero attached hydrogens (tertiary/aromatic N) is 1. The Morgan fingerprint density at radius 2 is 2.13 bits per heavy atom. The van der Waals surface area contributed by atoms with Crippen molar-refractivity contribution in [1.29, 1.82) is 0 Å². The molecule has 124 valence electrons. The second kappa shape index (κ2) is 7.92. The number of rotatable bonds is 7. The average molecular weight is 334 g/mol. The molecule has 1 aromatic heterocycles. The lowest BCUT2D eigenvalue weighted by atomic mass is 10.2. The number of thioether (sulfide) groups is 1. The normalized spacial score (nSPS) is 12.1. The number of hydrogen-bond acceptors (Lipinski definition) is 3. The van der Waals surface area contributed by atoms with Crippen molar-refractivity contribution in [2.45, 2.75) is 25.9 Å². The number of anilines is 1. The lowest BCUT2D eigenvalue weighted by Crippen LogP contribution is -2.46. The van der Waals surface area contributed by atoms with Gasteiger partial charge in [-0.3, -0.25) is 4.79 Å². The maximum atomic E-state index is 12.4. The van der Waals surface area contributed by atoms with Crippen LogP contribution in [0, 0.1) is 0 Å². The van der Waals surface area contributed by atoms with Crippen molar-refractivity contribution < 1.29 is 9.59 Å². The minimum atomic E-state index is -0.693. The van der Waals surface area contributed by atoms with Gasteiger partial charge in [-0.1, -0.05) is 0 Å². The van der Waals surface area contributed by atoms with E-state index in [1.165, 1.54) is 0 Å². The highest BCUT2D eigenvalue weighted by molar-refractivity contribution is 7.98. The van der Waals surface area contributed by atoms with Crippen LogP contribution in [0.25, 0.3) is 10.9 Å². The third-order valence-corrected chi connectivity index (χ3v) is 4.27. The highest BCUT2D eigenvalue weighted by atomic mass is 32.2. The Morgan fingerprint density at radius 3 is 2.78 bits per heavy atom. The zero-order valence-electron chi connectivity index (χ0n) is 13.3. The molecular formula is C16H22N4O2S. The minimum Gasteiger partial charge on any atom is -0.352 e. The summed E-state index contributed by atoms with van der Waals surface area (Å²) < 4.78 is 2.14. The van der Waals surface area contributed by atoms with Crippen molar-refractivity contribution in [3.63, 3.8) is 0 Å². The number of aromatic nitrogens is 1. The first-order valence-electron chi connectivity index (χ1n) is 7.49. The fourth-order valence-electron chi connectivity index (χ4n) is 2.46. The van der Waals surface area contributed by atoms with Crippen molar-refractivity contribution >= 4 is 40.3 Å². The lowest BCUT2D eigenvalue weighted by Gasteiger charge is -2.17. The van der Waals surface area contributed by atoms with Gasteiger partial charge in [-0.2, -0.15) is 11.8 Å². The van der Waals surface area contributed by atoms with E-state index in [0.29, 0.717) is 12.1 Å². The summed E-state index contributed by atoms with van der Waals surface area (Å²) in [4.78, 5) is 23.4. The van der Waals surface area contributed by atoms with E-state index in [4.69, 9.17) is 5.73 Å². The Balaban J connectivity index is 2.12. The van der Waals surface area contributed by atoms with Crippen molar-refractivity contribution in [3.05, 3.63) is 30.5 Å². The van der Waals surface area contributed by atoms with Crippen molar-refractivity contribution in [3.8, 4) is 0 Å². The van der Waals surface area contributed by atoms with E-state index in [9.17, 15) is 9.59 Å². The molecule has 7 heteroatoms. The van der Waals surface area contributed by atoms with Gasteiger partial charge < -0.3 is 20.9 Å². The average Bonchev–Trinajstić information content (AvgIpc) is 2.93. The van der Waals surface area contributed by atoms with Gasteiger partial charge in [0.1, 0.15) is 6.04 Å². The summed E-state index contributed by atoms with van der Waals surface area (Å²) in [6.07, 6.45) is 4.50. The van der Waals surface area contributed by atoms with Crippen LogP contribution in [-0.2, 0) is 11.3 Å². The van der Waals surface area contributed by atoms with Gasteiger partial charge in [0, 0.05) is 29.3 Å². The van der Waals surface area contributed by atoms with Gasteiger partial charge in [0.15, 0.2) is 0 Å². The van der Waals surface area contributed by atoms with E-state index >= 15 is 0 Å². The van der Waals surface area contributed by atoms with Crippen molar-refractivity contribution in [2.24, 2.45) is 5.73 Å². The highest BCUT2D eigenvalue weighted by Crippen LogP contribution is 2.20. The van der Waals surface area contributed by atoms with Crippen LogP contribution >= 0.6 is 11.8 Å². The number of urea groups is 1. The summed E-state index contributed by atoms with van der Waals surface area (Å²) in [7, 11) is 0. The second-order valence-corrected chi connectivity index (χ2v) is 6.19. The van der Waals surface area contributed by atoms with E-state index in [1.54, 1.807) is 11.8 Å². The molecule has 2 rings (SSSR count). The number of nitrogens with two attached hydrogens (primary N) is 1. The smallest absolute Gasteiger partial charge is 0.312 e. The van der Waals surface area contributed by atoms with Gasteiger partial charge in [-0.05, 0) is 49.6 Å². The molecule has 0 unspecified atom stereocenters. The Bertz CT molecular complexity index is 698. The second-order valence-electron chi connectivity index (χ2n) is 5.21. The number of carbonyl (C=O) groups excluding carboxylic acids is 2. The van der Waals surface area contributed by atoms with Crippen molar-refractivity contribution in [2.75, 3.05) is 17.3 Å². The summed E-state index contributed by atoms with van der Waals surface area (Å²) >= 11 is 1.61. The number of carbonyl (C=O) groups is 2. The van der Waals surface area contributed by atoms with Gasteiger partial charge in [-0.25, -0.2) is 4.79 Å². The van der Waals surface area contributed by atoms with Crippen LogP contribution in [0.15, 0.2) is 30.5 Å². The van der Waals surface area contributed by atoms with E-state index in [2.05, 4.69) is 22.1 Å². The monoisotopic (exact) mass is 334 g/mol. The Morgan fingerprint density at radius 1 is 1.35 bits per heavy atom. The van der Waals surface area contributed by atoms with Crippen LogP contribution < -0.4 is 16.4 Å². The molecule has 0 radical (unpaired) electrons. The maximum absolute atomic E-state index is 12.4. The Kier molecular flexibility index (Phi) is 5.92. The molecule has 6 nitrogen and oxygen atoms in total. The minimum absolute atomic E-state index is 0.257. The SMILES string of the molecule is CCn1ccc2cc(NC(=O)[C@H](CCSC)NC(N)=O)ccc21. The highest BCUT2D eigenvalue weighted by Gasteiger charge is 2.19. The Hall–Kier alpha value is -2.15. The molecule has 2 aromatic rings. The molecule has 0 aliphatic heterocycles. The first kappa shape index (κ1) is 17.2. The number of benzene rings is 1. The topological polar surface area (TPSA) is 89.2 Å². The largest absolute Gasteiger partial charge is 0.352 e. The maximum Gasteiger partial charge on any atom is 0.312 e. The van der Waals surface area contributed by atoms with E-state index in [-0.39, 0.29) is 5.91 Å². The van der Waals surface area contributed by atoms with Gasteiger partial charge in [0.25, 0.3) is 0 Å². The zero-order chi connectivity index (χ0) is 16.8. The fourth-order valence-corrected chi connectivity index (χ4v) is 2.93. The molecule has 4 N–H and O–H groups in total. The number of fused-ring (bicyclic) bond motifs is 1. The number of primary amides is 1. The molecule has 1 heterocycles. The molecule has 0 bridgehead atoms. The molecule has 1 aromatic carbocycles. The van der Waals surface area contributed by atoms with Gasteiger partial charge in [-0.15, -0.1) is 0 Å². The van der Waals surface area contributed by atoms with Crippen LogP contribution in [0.2, 0.25) is 0 Å². The molecule has 0 fully saturated rings. The number of hydrogen-bond donors (Lipinski definition) is 3. The van der Waals surface area contributed by atoms with Gasteiger partial charge in [0.05, 0.1) is 0 Å². The lowest BCUT2D eigenvalue weighted by molar-refractivity contribution is -0.117. The van der Waals surface area contributed by atoms with Crippen LogP contribution in [0.4, 0.5) is 10.5 Å². The van der Waals surface area contributed by atoms with Crippen molar-refractivity contribution in [1.82, 2.24) is 9.88 Å². The molecular weight excluding hydrogens is 312 g/mol. The predicted octanol–water partition coefficient (Wildman–Crippen LogP) is 2.39. The number of nitrogens with one attached hydrogen (secondary N) is 2. The fraction of sp³-hybridized carbons (Fsp3) is 0.375. The first-order valence-corrected chi connectivity index (χ1v) is 8.89. The zero-order valence-corrected chi connectivity index (χ0v) is 14.2. The summed E-state index contributed by atoms with van der Waals surface area (Å²) in [5, 5.41) is 6.41. The summed E-state index contributed by atoms with van der Waals surface area (Å²) in [5.74, 6) is 0.503. The van der Waals surface area contributed by atoms with Crippen LogP contribution in [-0.4, -0.2) is 34.6 Å². The Labute approximate surface area is 139 Å². The van der Waals surface area contributed by atoms with E-state index in [0.717, 1.165) is 23.2 Å². The van der Waals surface area contributed by atoms with Crippen LogP contribution in [0.1, 0.15) is 13.3 Å². The summed E-state index contributed by atoms with van der Waals surface area (Å²) in [6, 6.07) is 6.46. The molecule has 23 heavy (non-hydrogen) atoms. The van der Waals surface area contributed by atoms with Crippen LogP contribution in [0.3, 0.4) is 0 Å². The predicted molar refractivity (Wildman–Crippen MR) is 95.7 cm³/mol. The summed E-state index contributed by atoms with van der Waals surface area (Å²) in [6.45, 7) is 2.98. The molecule has 1 atom stereocenters. The number of amides is 3. The summed E-state index contributed by atoms with van der Waals surface area (Å²) in [5.41, 5.74) is 6.98. The molecule has 3 amide bonds.